The Morgan fingerprint density at radius 1 is 1.05 bits per heavy atom. The summed E-state index contributed by atoms with van der Waals surface area (Å²) in [4.78, 5) is 19.6. The number of nitrogen functional groups attached to an aromatic ring is 1. The van der Waals surface area contributed by atoms with Crippen LogP contribution in [-0.4, -0.2) is 43.2 Å². The van der Waals surface area contributed by atoms with E-state index >= 15 is 0 Å². The molecule has 1 aromatic heterocycles. The van der Waals surface area contributed by atoms with Crippen LogP contribution in [0, 0.1) is 12.7 Å². The van der Waals surface area contributed by atoms with Crippen LogP contribution in [0.1, 0.15) is 46.0 Å². The Kier molecular flexibility index (Phi) is 8.42. The van der Waals surface area contributed by atoms with Gasteiger partial charge in [0.1, 0.15) is 17.8 Å². The molecule has 1 unspecified atom stereocenters. The molecule has 0 fully saturated rings. The first-order valence-corrected chi connectivity index (χ1v) is 13.6. The van der Waals surface area contributed by atoms with Gasteiger partial charge in [-0.1, -0.05) is 12.1 Å². The van der Waals surface area contributed by atoms with Gasteiger partial charge in [-0.3, -0.25) is 4.79 Å². The zero-order valence-corrected chi connectivity index (χ0v) is 23.5. The van der Waals surface area contributed by atoms with Gasteiger partial charge in [-0.15, -0.1) is 0 Å². The number of ether oxygens (including phenoxy) is 3. The Bertz CT molecular complexity index is 1520. The first kappa shape index (κ1) is 28.0. The van der Waals surface area contributed by atoms with Gasteiger partial charge in [0.2, 0.25) is 5.91 Å². The number of aryl methyl sites for hydroxylation is 2. The monoisotopic (exact) mass is 559 g/mol. The van der Waals surface area contributed by atoms with Gasteiger partial charge < -0.3 is 29.3 Å². The smallest absolute Gasteiger partial charge is 0.223 e. The fraction of sp³-hybridized carbons (Fsp3) is 0.312. The Labute approximate surface area is 238 Å². The highest BCUT2D eigenvalue weighted by Crippen LogP contribution is 2.42. The predicted molar refractivity (Wildman–Crippen MR) is 153 cm³/mol. The van der Waals surface area contributed by atoms with Crippen molar-refractivity contribution < 1.29 is 27.8 Å². The lowest BCUT2D eigenvalue weighted by Crippen LogP contribution is -2.41. The number of amides is 1. The van der Waals surface area contributed by atoms with E-state index in [0.717, 1.165) is 33.5 Å². The number of fused-ring (bicyclic) bond motifs is 1. The Morgan fingerprint density at radius 3 is 2.61 bits per heavy atom. The molecular weight excluding hydrogens is 525 g/mol. The number of halogens is 1. The molecule has 1 aliphatic heterocycles. The standard InChI is InChI=1S/C32H34FN3O5/c1-20-14-23(33)5-7-25(20)32-26-17-30(41-13-11-21-4-8-27(34)28(15-21)38-2)29(39-3)16-22(26)10-12-36(32)31(37)9-6-24-18-40-19-35-24/h4-5,7-8,14-19,32H,6,9-13,34H2,1-3H3. The number of methoxy groups -OCH3 is 2. The van der Waals surface area contributed by atoms with Gasteiger partial charge in [-0.2, -0.15) is 0 Å². The average molecular weight is 560 g/mol. The van der Waals surface area contributed by atoms with E-state index in [2.05, 4.69) is 4.98 Å². The molecule has 9 heteroatoms. The minimum absolute atomic E-state index is 0.0111. The Balaban J connectivity index is 1.45. The molecule has 3 aromatic carbocycles. The molecule has 0 radical (unpaired) electrons. The van der Waals surface area contributed by atoms with E-state index in [1.165, 1.54) is 18.5 Å². The molecule has 8 nitrogen and oxygen atoms in total. The molecule has 41 heavy (non-hydrogen) atoms. The number of carbonyl (C=O) groups is 1. The van der Waals surface area contributed by atoms with Crippen molar-refractivity contribution in [3.8, 4) is 17.2 Å². The van der Waals surface area contributed by atoms with Crippen molar-refractivity contribution in [2.75, 3.05) is 33.1 Å². The second kappa shape index (κ2) is 12.3. The van der Waals surface area contributed by atoms with Crippen molar-refractivity contribution in [3.05, 3.63) is 101 Å². The Hall–Kier alpha value is -4.53. The molecule has 214 valence electrons. The van der Waals surface area contributed by atoms with Crippen molar-refractivity contribution >= 4 is 11.6 Å². The second-order valence-electron chi connectivity index (χ2n) is 10.1. The van der Waals surface area contributed by atoms with Gasteiger partial charge in [-0.05, 0) is 77.6 Å². The van der Waals surface area contributed by atoms with Crippen molar-refractivity contribution in [1.29, 1.82) is 0 Å². The van der Waals surface area contributed by atoms with E-state index in [1.807, 2.05) is 42.2 Å². The molecule has 5 rings (SSSR count). The molecule has 0 aliphatic carbocycles. The minimum atomic E-state index is -0.404. The lowest BCUT2D eigenvalue weighted by atomic mass is 9.85. The van der Waals surface area contributed by atoms with Crippen LogP contribution in [0.5, 0.6) is 17.2 Å². The van der Waals surface area contributed by atoms with Crippen LogP contribution >= 0.6 is 0 Å². The van der Waals surface area contributed by atoms with Crippen molar-refractivity contribution in [2.24, 2.45) is 0 Å². The fourth-order valence-electron chi connectivity index (χ4n) is 5.38. The molecule has 4 aromatic rings. The predicted octanol–water partition coefficient (Wildman–Crippen LogP) is 5.45. The Morgan fingerprint density at radius 2 is 1.88 bits per heavy atom. The average Bonchev–Trinajstić information content (AvgIpc) is 3.50. The quantitative estimate of drug-likeness (QED) is 0.258. The maximum atomic E-state index is 14.1. The van der Waals surface area contributed by atoms with E-state index in [1.54, 1.807) is 26.5 Å². The topological polar surface area (TPSA) is 100 Å². The largest absolute Gasteiger partial charge is 0.495 e. The number of rotatable bonds is 10. The second-order valence-corrected chi connectivity index (χ2v) is 10.1. The van der Waals surface area contributed by atoms with Gasteiger partial charge in [0, 0.05) is 25.8 Å². The number of benzene rings is 3. The summed E-state index contributed by atoms with van der Waals surface area (Å²) >= 11 is 0. The van der Waals surface area contributed by atoms with Crippen LogP contribution in [0.3, 0.4) is 0 Å². The molecule has 0 saturated carbocycles. The van der Waals surface area contributed by atoms with Crippen molar-refractivity contribution in [1.82, 2.24) is 9.88 Å². The van der Waals surface area contributed by atoms with Crippen LogP contribution in [-0.2, 0) is 24.1 Å². The zero-order chi connectivity index (χ0) is 28.9. The number of oxazole rings is 1. The van der Waals surface area contributed by atoms with E-state index < -0.39 is 6.04 Å². The lowest BCUT2D eigenvalue weighted by Gasteiger charge is -2.39. The molecule has 1 amide bonds. The van der Waals surface area contributed by atoms with Crippen LogP contribution in [0.4, 0.5) is 10.1 Å². The third-order valence-corrected chi connectivity index (χ3v) is 7.53. The molecule has 0 spiro atoms. The molecule has 0 bridgehead atoms. The van der Waals surface area contributed by atoms with Gasteiger partial charge in [0.25, 0.3) is 0 Å². The first-order valence-electron chi connectivity index (χ1n) is 13.6. The maximum Gasteiger partial charge on any atom is 0.223 e. The highest BCUT2D eigenvalue weighted by atomic mass is 19.1. The molecule has 1 atom stereocenters. The molecular formula is C32H34FN3O5. The summed E-state index contributed by atoms with van der Waals surface area (Å²) in [5.41, 5.74) is 11.9. The van der Waals surface area contributed by atoms with Crippen molar-refractivity contribution in [2.45, 2.75) is 38.6 Å². The molecule has 1 aliphatic rings. The van der Waals surface area contributed by atoms with E-state index in [0.29, 0.717) is 55.4 Å². The first-order chi connectivity index (χ1) is 19.9. The van der Waals surface area contributed by atoms with Crippen LogP contribution < -0.4 is 19.9 Å². The third-order valence-electron chi connectivity index (χ3n) is 7.53. The summed E-state index contributed by atoms with van der Waals surface area (Å²) in [6, 6.07) is 13.9. The highest BCUT2D eigenvalue weighted by molar-refractivity contribution is 5.78. The summed E-state index contributed by atoms with van der Waals surface area (Å²) in [5, 5.41) is 0. The zero-order valence-electron chi connectivity index (χ0n) is 23.5. The van der Waals surface area contributed by atoms with Gasteiger partial charge in [0.15, 0.2) is 17.9 Å². The number of nitrogens with two attached hydrogens (primary N) is 1. The van der Waals surface area contributed by atoms with Crippen LogP contribution in [0.15, 0.2) is 65.6 Å². The third kappa shape index (κ3) is 6.14. The molecule has 0 saturated heterocycles. The summed E-state index contributed by atoms with van der Waals surface area (Å²) in [6.07, 6.45) is 4.95. The van der Waals surface area contributed by atoms with Gasteiger partial charge in [0.05, 0.1) is 38.2 Å². The number of nitrogens with zero attached hydrogens (tertiary/aromatic N) is 2. The highest BCUT2D eigenvalue weighted by Gasteiger charge is 2.34. The van der Waals surface area contributed by atoms with E-state index in [9.17, 15) is 9.18 Å². The number of hydrogen-bond acceptors (Lipinski definition) is 7. The summed E-state index contributed by atoms with van der Waals surface area (Å²) < 4.78 is 36.4. The summed E-state index contributed by atoms with van der Waals surface area (Å²) in [5.74, 6) is 1.50. The van der Waals surface area contributed by atoms with E-state index in [4.69, 9.17) is 24.4 Å². The van der Waals surface area contributed by atoms with Crippen LogP contribution in [0.2, 0.25) is 0 Å². The molecule has 2 heterocycles. The summed E-state index contributed by atoms with van der Waals surface area (Å²) in [7, 11) is 3.20. The number of hydrogen-bond donors (Lipinski definition) is 1. The SMILES string of the molecule is COc1cc(CCOc2cc3c(cc2OC)CCN(C(=O)CCc2cocn2)C3c2ccc(F)cc2C)ccc1N. The summed E-state index contributed by atoms with van der Waals surface area (Å²) in [6.45, 7) is 2.78. The molecule has 2 N–H and O–H groups in total. The van der Waals surface area contributed by atoms with Crippen LogP contribution in [0.25, 0.3) is 0 Å². The minimum Gasteiger partial charge on any atom is -0.495 e. The number of anilines is 1. The number of carbonyl (C=O) groups excluding carboxylic acids is 1. The fourth-order valence-corrected chi connectivity index (χ4v) is 5.38. The van der Waals surface area contributed by atoms with Gasteiger partial charge >= 0.3 is 0 Å². The van der Waals surface area contributed by atoms with Crippen molar-refractivity contribution in [3.63, 3.8) is 0 Å². The maximum absolute atomic E-state index is 14.1. The normalized spacial score (nSPS) is 14.4. The van der Waals surface area contributed by atoms with E-state index in [-0.39, 0.29) is 18.1 Å². The number of aromatic nitrogens is 1. The van der Waals surface area contributed by atoms with Gasteiger partial charge in [-0.25, -0.2) is 9.37 Å². The lowest BCUT2D eigenvalue weighted by molar-refractivity contribution is -0.133.